The number of hydrogen-bond donors (Lipinski definition) is 1. The summed E-state index contributed by atoms with van der Waals surface area (Å²) in [5.41, 5.74) is 1.53. The molecular weight excluding hydrogens is 220 g/mol. The Kier molecular flexibility index (Phi) is 3.36. The van der Waals surface area contributed by atoms with E-state index >= 15 is 0 Å². The minimum Gasteiger partial charge on any atom is -0.382 e. The van der Waals surface area contributed by atoms with Crippen LogP contribution in [0.15, 0.2) is 18.2 Å². The summed E-state index contributed by atoms with van der Waals surface area (Å²) in [6, 6.07) is 8.05. The third-order valence-corrected chi connectivity index (χ3v) is 3.65. The van der Waals surface area contributed by atoms with Crippen molar-refractivity contribution >= 4 is 17.3 Å². The zero-order valence-corrected chi connectivity index (χ0v) is 10.1. The highest BCUT2D eigenvalue weighted by molar-refractivity contribution is 6.32. The Hall–Kier alpha value is -1.20. The van der Waals surface area contributed by atoms with E-state index in [0.29, 0.717) is 16.6 Å². The van der Waals surface area contributed by atoms with E-state index in [1.54, 1.807) is 6.07 Å². The molecule has 0 amide bonds. The molecule has 1 aliphatic carbocycles. The van der Waals surface area contributed by atoms with Gasteiger partial charge in [0, 0.05) is 11.7 Å². The summed E-state index contributed by atoms with van der Waals surface area (Å²) in [6.07, 6.45) is 3.99. The summed E-state index contributed by atoms with van der Waals surface area (Å²) in [5, 5.41) is 12.7. The summed E-state index contributed by atoms with van der Waals surface area (Å²) in [7, 11) is 0. The molecule has 1 aromatic rings. The van der Waals surface area contributed by atoms with E-state index in [0.717, 1.165) is 11.6 Å². The van der Waals surface area contributed by atoms with Crippen molar-refractivity contribution in [3.63, 3.8) is 0 Å². The van der Waals surface area contributed by atoms with Crippen molar-refractivity contribution in [2.75, 3.05) is 5.32 Å². The van der Waals surface area contributed by atoms with E-state index in [2.05, 4.69) is 18.3 Å². The van der Waals surface area contributed by atoms with Gasteiger partial charge in [0.05, 0.1) is 10.6 Å². The Morgan fingerprint density at radius 2 is 2.25 bits per heavy atom. The topological polar surface area (TPSA) is 35.8 Å². The standard InChI is InChI=1S/C13H15ClN2/c1-9(10-3-2-4-10)16-12-6-5-11(8-15)13(14)7-12/h5-7,9-10,16H,2-4H2,1H3. The van der Waals surface area contributed by atoms with Gasteiger partial charge in [-0.05, 0) is 43.9 Å². The van der Waals surface area contributed by atoms with Gasteiger partial charge >= 0.3 is 0 Å². The third-order valence-electron chi connectivity index (χ3n) is 3.34. The van der Waals surface area contributed by atoms with E-state index < -0.39 is 0 Å². The van der Waals surface area contributed by atoms with Gasteiger partial charge < -0.3 is 5.32 Å². The van der Waals surface area contributed by atoms with Gasteiger partial charge in [-0.2, -0.15) is 5.26 Å². The fourth-order valence-corrected chi connectivity index (χ4v) is 2.24. The molecule has 1 fully saturated rings. The summed E-state index contributed by atoms with van der Waals surface area (Å²) in [4.78, 5) is 0. The number of halogens is 1. The smallest absolute Gasteiger partial charge is 0.101 e. The number of rotatable bonds is 3. The van der Waals surface area contributed by atoms with Crippen molar-refractivity contribution in [3.05, 3.63) is 28.8 Å². The summed E-state index contributed by atoms with van der Waals surface area (Å²) >= 11 is 5.98. The third kappa shape index (κ3) is 2.31. The molecule has 16 heavy (non-hydrogen) atoms. The molecule has 0 aliphatic heterocycles. The molecule has 0 radical (unpaired) electrons. The number of nitriles is 1. The first-order valence-corrected chi connectivity index (χ1v) is 6.04. The Morgan fingerprint density at radius 3 is 2.75 bits per heavy atom. The lowest BCUT2D eigenvalue weighted by Gasteiger charge is -2.32. The van der Waals surface area contributed by atoms with Gasteiger partial charge in [0.1, 0.15) is 6.07 Å². The molecule has 0 bridgehead atoms. The lowest BCUT2D eigenvalue weighted by Crippen LogP contribution is -2.30. The van der Waals surface area contributed by atoms with Crippen molar-refractivity contribution in [2.45, 2.75) is 32.2 Å². The maximum absolute atomic E-state index is 8.77. The van der Waals surface area contributed by atoms with Crippen LogP contribution in [0.25, 0.3) is 0 Å². The zero-order chi connectivity index (χ0) is 11.5. The first kappa shape index (κ1) is 11.3. The Labute approximate surface area is 101 Å². The van der Waals surface area contributed by atoms with Crippen LogP contribution in [0.1, 0.15) is 31.7 Å². The first-order valence-electron chi connectivity index (χ1n) is 5.67. The summed E-state index contributed by atoms with van der Waals surface area (Å²) in [5.74, 6) is 0.786. The van der Waals surface area contributed by atoms with Gasteiger partial charge in [-0.15, -0.1) is 0 Å². The van der Waals surface area contributed by atoms with Crippen molar-refractivity contribution in [3.8, 4) is 6.07 Å². The monoisotopic (exact) mass is 234 g/mol. The maximum atomic E-state index is 8.77. The second-order valence-corrected chi connectivity index (χ2v) is 4.84. The molecule has 1 saturated carbocycles. The Morgan fingerprint density at radius 1 is 1.50 bits per heavy atom. The normalized spacial score (nSPS) is 17.3. The zero-order valence-electron chi connectivity index (χ0n) is 9.33. The molecule has 1 aliphatic rings. The first-order chi connectivity index (χ1) is 7.70. The fraction of sp³-hybridized carbons (Fsp3) is 0.462. The van der Waals surface area contributed by atoms with Crippen LogP contribution >= 0.6 is 11.6 Å². The largest absolute Gasteiger partial charge is 0.382 e. The van der Waals surface area contributed by atoms with Gasteiger partial charge in [-0.25, -0.2) is 0 Å². The van der Waals surface area contributed by atoms with Crippen LogP contribution in [0.5, 0.6) is 0 Å². The maximum Gasteiger partial charge on any atom is 0.101 e. The molecule has 1 unspecified atom stereocenters. The number of hydrogen-bond acceptors (Lipinski definition) is 2. The van der Waals surface area contributed by atoms with Gasteiger partial charge in [0.2, 0.25) is 0 Å². The molecule has 84 valence electrons. The Bertz CT molecular complexity index is 418. The highest BCUT2D eigenvalue weighted by atomic mass is 35.5. The van der Waals surface area contributed by atoms with Crippen molar-refractivity contribution < 1.29 is 0 Å². The van der Waals surface area contributed by atoms with Crippen LogP contribution in [0.4, 0.5) is 5.69 Å². The summed E-state index contributed by atoms with van der Waals surface area (Å²) in [6.45, 7) is 2.20. The van der Waals surface area contributed by atoms with Crippen molar-refractivity contribution in [1.82, 2.24) is 0 Å². The number of benzene rings is 1. The van der Waals surface area contributed by atoms with Crippen LogP contribution in [0.2, 0.25) is 5.02 Å². The molecule has 1 atom stereocenters. The predicted octanol–water partition coefficient (Wildman–Crippen LogP) is 3.81. The van der Waals surface area contributed by atoms with Crippen molar-refractivity contribution in [2.24, 2.45) is 5.92 Å². The van der Waals surface area contributed by atoms with Crippen LogP contribution < -0.4 is 5.32 Å². The van der Waals surface area contributed by atoms with Crippen LogP contribution in [-0.4, -0.2) is 6.04 Å². The van der Waals surface area contributed by atoms with Gasteiger partial charge in [-0.3, -0.25) is 0 Å². The molecule has 0 aromatic heterocycles. The van der Waals surface area contributed by atoms with Gasteiger partial charge in [0.25, 0.3) is 0 Å². The quantitative estimate of drug-likeness (QED) is 0.863. The van der Waals surface area contributed by atoms with E-state index in [1.807, 2.05) is 12.1 Å². The minimum atomic E-state index is 0.484. The number of nitrogens with one attached hydrogen (secondary N) is 1. The molecule has 0 spiro atoms. The predicted molar refractivity (Wildman–Crippen MR) is 66.6 cm³/mol. The van der Waals surface area contributed by atoms with Crippen LogP contribution in [0, 0.1) is 17.2 Å². The molecule has 1 N–H and O–H groups in total. The SMILES string of the molecule is CC(Nc1ccc(C#N)c(Cl)c1)C1CCC1. The second kappa shape index (κ2) is 4.76. The van der Waals surface area contributed by atoms with Crippen LogP contribution in [0.3, 0.4) is 0 Å². The molecule has 1 aromatic carbocycles. The second-order valence-electron chi connectivity index (χ2n) is 4.43. The highest BCUT2D eigenvalue weighted by Gasteiger charge is 2.23. The average molecular weight is 235 g/mol. The fourth-order valence-electron chi connectivity index (χ4n) is 2.02. The lowest BCUT2D eigenvalue weighted by atomic mass is 9.80. The van der Waals surface area contributed by atoms with E-state index in [9.17, 15) is 0 Å². The molecule has 2 nitrogen and oxygen atoms in total. The van der Waals surface area contributed by atoms with Crippen LogP contribution in [-0.2, 0) is 0 Å². The van der Waals surface area contributed by atoms with Crippen molar-refractivity contribution in [1.29, 1.82) is 5.26 Å². The lowest BCUT2D eigenvalue weighted by molar-refractivity contribution is 0.285. The molecule has 2 rings (SSSR count). The van der Waals surface area contributed by atoms with Gasteiger partial charge in [-0.1, -0.05) is 18.0 Å². The minimum absolute atomic E-state index is 0.484. The number of anilines is 1. The Balaban J connectivity index is 2.04. The number of nitrogens with zero attached hydrogens (tertiary/aromatic N) is 1. The molecule has 3 heteroatoms. The van der Waals surface area contributed by atoms with E-state index in [-0.39, 0.29) is 0 Å². The van der Waals surface area contributed by atoms with E-state index in [4.69, 9.17) is 16.9 Å². The average Bonchev–Trinajstić information content (AvgIpc) is 2.15. The molecule has 0 heterocycles. The summed E-state index contributed by atoms with van der Waals surface area (Å²) < 4.78 is 0. The highest BCUT2D eigenvalue weighted by Crippen LogP contribution is 2.31. The molecule has 0 saturated heterocycles. The van der Waals surface area contributed by atoms with Gasteiger partial charge in [0.15, 0.2) is 0 Å². The van der Waals surface area contributed by atoms with E-state index in [1.165, 1.54) is 19.3 Å². The molecular formula is C13H15ClN2.